The number of aliphatic hydroxyl groups excluding tert-OH is 1. The van der Waals surface area contributed by atoms with Gasteiger partial charge in [-0.05, 0) is 35.4 Å². The topological polar surface area (TPSA) is 50.7 Å². The fourth-order valence-electron chi connectivity index (χ4n) is 1.90. The van der Waals surface area contributed by atoms with Gasteiger partial charge >= 0.3 is 0 Å². The van der Waals surface area contributed by atoms with Gasteiger partial charge in [0.15, 0.2) is 0 Å². The van der Waals surface area contributed by atoms with Gasteiger partial charge in [-0.1, -0.05) is 12.1 Å². The summed E-state index contributed by atoms with van der Waals surface area (Å²) in [5.74, 6) is 1.55. The lowest BCUT2D eigenvalue weighted by molar-refractivity contribution is 0.282. The van der Waals surface area contributed by atoms with Crippen molar-refractivity contribution in [3.8, 4) is 11.5 Å². The molecule has 0 aliphatic rings. The van der Waals surface area contributed by atoms with E-state index < -0.39 is 0 Å². The lowest BCUT2D eigenvalue weighted by Crippen LogP contribution is -2.00. The summed E-state index contributed by atoms with van der Waals surface area (Å²) in [4.78, 5) is 0. The summed E-state index contributed by atoms with van der Waals surface area (Å²) in [6.45, 7) is 0.736. The quantitative estimate of drug-likeness (QED) is 0.849. The van der Waals surface area contributed by atoms with Crippen molar-refractivity contribution in [2.45, 2.75) is 13.2 Å². The monoisotopic (exact) mass is 273 g/mol. The average Bonchev–Trinajstić information content (AvgIpc) is 2.53. The zero-order valence-corrected chi connectivity index (χ0v) is 11.7. The highest BCUT2D eigenvalue weighted by molar-refractivity contribution is 5.46. The van der Waals surface area contributed by atoms with Gasteiger partial charge < -0.3 is 19.9 Å². The van der Waals surface area contributed by atoms with E-state index in [1.807, 2.05) is 42.5 Å². The molecule has 0 atom stereocenters. The number of hydrogen-bond donors (Lipinski definition) is 2. The lowest BCUT2D eigenvalue weighted by atomic mass is 10.2. The number of nitrogens with one attached hydrogen (secondary N) is 1. The second kappa shape index (κ2) is 6.82. The summed E-state index contributed by atoms with van der Waals surface area (Å²) in [6.07, 6.45) is 0. The normalized spacial score (nSPS) is 10.2. The maximum atomic E-state index is 9.00. The molecule has 4 nitrogen and oxygen atoms in total. The van der Waals surface area contributed by atoms with Crippen LogP contribution < -0.4 is 14.8 Å². The van der Waals surface area contributed by atoms with E-state index in [1.54, 1.807) is 14.2 Å². The largest absolute Gasteiger partial charge is 0.497 e. The molecule has 2 aromatic rings. The molecule has 0 fully saturated rings. The minimum absolute atomic E-state index is 0.0629. The Morgan fingerprint density at radius 2 is 1.50 bits per heavy atom. The van der Waals surface area contributed by atoms with Gasteiger partial charge in [0, 0.05) is 18.3 Å². The Balaban J connectivity index is 2.05. The van der Waals surface area contributed by atoms with E-state index in [2.05, 4.69) is 5.32 Å². The van der Waals surface area contributed by atoms with Crippen LogP contribution in [0.1, 0.15) is 11.1 Å². The van der Waals surface area contributed by atoms with Gasteiger partial charge in [-0.15, -0.1) is 0 Å². The Labute approximate surface area is 119 Å². The van der Waals surface area contributed by atoms with E-state index in [0.717, 1.165) is 28.3 Å². The van der Waals surface area contributed by atoms with Crippen molar-refractivity contribution >= 4 is 5.69 Å². The third-order valence-corrected chi connectivity index (χ3v) is 3.04. The minimum atomic E-state index is 0.0629. The molecule has 20 heavy (non-hydrogen) atoms. The minimum Gasteiger partial charge on any atom is -0.497 e. The van der Waals surface area contributed by atoms with Crippen molar-refractivity contribution in [1.29, 1.82) is 0 Å². The molecule has 0 aliphatic carbocycles. The summed E-state index contributed by atoms with van der Waals surface area (Å²) in [5, 5.41) is 12.3. The molecular formula is C16H19NO3. The highest BCUT2D eigenvalue weighted by Crippen LogP contribution is 2.23. The van der Waals surface area contributed by atoms with Gasteiger partial charge in [0.25, 0.3) is 0 Å². The maximum absolute atomic E-state index is 9.00. The Bertz CT molecular complexity index is 530. The van der Waals surface area contributed by atoms with Crippen molar-refractivity contribution in [3.05, 3.63) is 53.6 Å². The fraction of sp³-hybridized carbons (Fsp3) is 0.250. The zero-order valence-electron chi connectivity index (χ0n) is 11.7. The van der Waals surface area contributed by atoms with E-state index in [4.69, 9.17) is 14.6 Å². The Kier molecular flexibility index (Phi) is 4.85. The molecule has 0 heterocycles. The van der Waals surface area contributed by atoms with Crippen molar-refractivity contribution in [2.24, 2.45) is 0 Å². The number of hydrogen-bond acceptors (Lipinski definition) is 4. The molecule has 0 unspecified atom stereocenters. The second-order valence-corrected chi connectivity index (χ2v) is 4.43. The van der Waals surface area contributed by atoms with E-state index in [9.17, 15) is 0 Å². The van der Waals surface area contributed by atoms with Gasteiger partial charge in [0.1, 0.15) is 11.5 Å². The van der Waals surface area contributed by atoms with Crippen LogP contribution in [0.3, 0.4) is 0 Å². The van der Waals surface area contributed by atoms with Crippen LogP contribution >= 0.6 is 0 Å². The molecule has 0 saturated heterocycles. The summed E-state index contributed by atoms with van der Waals surface area (Å²) in [7, 11) is 3.28. The van der Waals surface area contributed by atoms with E-state index in [-0.39, 0.29) is 6.61 Å². The summed E-state index contributed by atoms with van der Waals surface area (Å²) < 4.78 is 10.5. The van der Waals surface area contributed by atoms with Crippen molar-refractivity contribution in [1.82, 2.24) is 0 Å². The van der Waals surface area contributed by atoms with Crippen LogP contribution in [-0.4, -0.2) is 19.3 Å². The molecule has 4 heteroatoms. The highest BCUT2D eigenvalue weighted by Gasteiger charge is 2.02. The van der Waals surface area contributed by atoms with Crippen LogP contribution in [0.2, 0.25) is 0 Å². The molecule has 2 N–H and O–H groups in total. The first-order valence-electron chi connectivity index (χ1n) is 6.41. The van der Waals surface area contributed by atoms with Crippen molar-refractivity contribution < 1.29 is 14.6 Å². The number of benzene rings is 2. The SMILES string of the molecule is COc1cc(CNc2ccc(CO)cc2)cc(OC)c1. The molecule has 0 spiro atoms. The van der Waals surface area contributed by atoms with Gasteiger partial charge in [-0.2, -0.15) is 0 Å². The lowest BCUT2D eigenvalue weighted by Gasteiger charge is -2.10. The smallest absolute Gasteiger partial charge is 0.122 e. The average molecular weight is 273 g/mol. The maximum Gasteiger partial charge on any atom is 0.122 e. The molecule has 2 rings (SSSR count). The molecule has 0 saturated carbocycles. The van der Waals surface area contributed by atoms with Crippen LogP contribution in [0.15, 0.2) is 42.5 Å². The first kappa shape index (κ1) is 14.2. The highest BCUT2D eigenvalue weighted by atomic mass is 16.5. The van der Waals surface area contributed by atoms with E-state index >= 15 is 0 Å². The standard InChI is InChI=1S/C16H19NO3/c1-19-15-7-13(8-16(9-15)20-2)10-17-14-5-3-12(11-18)4-6-14/h3-9,17-18H,10-11H2,1-2H3. The van der Waals surface area contributed by atoms with Crippen LogP contribution in [0.4, 0.5) is 5.69 Å². The van der Waals surface area contributed by atoms with Gasteiger partial charge in [0.2, 0.25) is 0 Å². The van der Waals surface area contributed by atoms with Crippen LogP contribution in [-0.2, 0) is 13.2 Å². The molecule has 0 amide bonds. The van der Waals surface area contributed by atoms with Gasteiger partial charge in [-0.3, -0.25) is 0 Å². The van der Waals surface area contributed by atoms with E-state index in [0.29, 0.717) is 6.54 Å². The van der Waals surface area contributed by atoms with Gasteiger partial charge in [-0.25, -0.2) is 0 Å². The molecule has 106 valence electrons. The molecule has 2 aromatic carbocycles. The summed E-state index contributed by atoms with van der Waals surface area (Å²) in [5.41, 5.74) is 2.98. The Hall–Kier alpha value is -2.20. The molecule has 0 aliphatic heterocycles. The van der Waals surface area contributed by atoms with Crippen molar-refractivity contribution in [3.63, 3.8) is 0 Å². The third kappa shape index (κ3) is 3.65. The van der Waals surface area contributed by atoms with E-state index in [1.165, 1.54) is 0 Å². The molecule has 0 bridgehead atoms. The number of rotatable bonds is 6. The van der Waals surface area contributed by atoms with Crippen LogP contribution in [0, 0.1) is 0 Å². The predicted octanol–water partition coefficient (Wildman–Crippen LogP) is 2.81. The first-order valence-corrected chi connectivity index (χ1v) is 6.41. The molecule has 0 aromatic heterocycles. The van der Waals surface area contributed by atoms with Crippen LogP contribution in [0.25, 0.3) is 0 Å². The Morgan fingerprint density at radius 3 is 2.00 bits per heavy atom. The summed E-state index contributed by atoms with van der Waals surface area (Å²) >= 11 is 0. The number of methoxy groups -OCH3 is 2. The molecular weight excluding hydrogens is 254 g/mol. The number of aliphatic hydroxyl groups is 1. The first-order chi connectivity index (χ1) is 9.75. The van der Waals surface area contributed by atoms with Crippen LogP contribution in [0.5, 0.6) is 11.5 Å². The summed E-state index contributed by atoms with van der Waals surface area (Å²) in [6, 6.07) is 13.5. The Morgan fingerprint density at radius 1 is 0.900 bits per heavy atom. The fourth-order valence-corrected chi connectivity index (χ4v) is 1.90. The number of ether oxygens (including phenoxy) is 2. The van der Waals surface area contributed by atoms with Gasteiger partial charge in [0.05, 0.1) is 20.8 Å². The zero-order chi connectivity index (χ0) is 14.4. The third-order valence-electron chi connectivity index (χ3n) is 3.04. The predicted molar refractivity (Wildman–Crippen MR) is 79.2 cm³/mol. The van der Waals surface area contributed by atoms with Crippen molar-refractivity contribution in [2.75, 3.05) is 19.5 Å². The second-order valence-electron chi connectivity index (χ2n) is 4.43. The number of anilines is 1. The molecule has 0 radical (unpaired) electrons.